The molecule has 0 aromatic heterocycles. The van der Waals surface area contributed by atoms with Gasteiger partial charge in [-0.15, -0.1) is 0 Å². The van der Waals surface area contributed by atoms with Crippen molar-refractivity contribution >= 4 is 11.7 Å². The SMILES string of the molecule is COC(=O)[C@H](C)c1ccc(N)cc1. The van der Waals surface area contributed by atoms with Crippen LogP contribution < -0.4 is 5.73 Å². The summed E-state index contributed by atoms with van der Waals surface area (Å²) in [5, 5.41) is 0. The summed E-state index contributed by atoms with van der Waals surface area (Å²) in [6.07, 6.45) is 0. The van der Waals surface area contributed by atoms with Gasteiger partial charge in [0.25, 0.3) is 0 Å². The summed E-state index contributed by atoms with van der Waals surface area (Å²) in [5.74, 6) is -0.463. The van der Waals surface area contributed by atoms with Crippen molar-refractivity contribution in [3.05, 3.63) is 29.8 Å². The summed E-state index contributed by atoms with van der Waals surface area (Å²) < 4.78 is 4.63. The smallest absolute Gasteiger partial charge is 0.312 e. The molecule has 0 amide bonds. The average Bonchev–Trinajstić information content (AvgIpc) is 2.17. The first-order valence-electron chi connectivity index (χ1n) is 4.08. The number of benzene rings is 1. The normalized spacial score (nSPS) is 12.2. The lowest BCUT2D eigenvalue weighted by molar-refractivity contribution is -0.141. The van der Waals surface area contributed by atoms with Gasteiger partial charge in [0.1, 0.15) is 0 Å². The quantitative estimate of drug-likeness (QED) is 0.553. The predicted octanol–water partition coefficient (Wildman–Crippen LogP) is 1.55. The maximum absolute atomic E-state index is 11.1. The van der Waals surface area contributed by atoms with E-state index in [2.05, 4.69) is 4.74 Å². The van der Waals surface area contributed by atoms with Crippen molar-refractivity contribution in [3.8, 4) is 0 Å². The maximum Gasteiger partial charge on any atom is 0.312 e. The van der Waals surface area contributed by atoms with Gasteiger partial charge in [-0.05, 0) is 24.6 Å². The van der Waals surface area contributed by atoms with Crippen LogP contribution in [0.25, 0.3) is 0 Å². The second-order valence-corrected chi connectivity index (χ2v) is 2.91. The average molecular weight is 179 g/mol. The lowest BCUT2D eigenvalue weighted by atomic mass is 10.0. The second kappa shape index (κ2) is 3.94. The highest BCUT2D eigenvalue weighted by atomic mass is 16.5. The summed E-state index contributed by atoms with van der Waals surface area (Å²) >= 11 is 0. The van der Waals surface area contributed by atoms with E-state index in [4.69, 9.17) is 5.73 Å². The van der Waals surface area contributed by atoms with Crippen LogP contribution in [0.5, 0.6) is 0 Å². The van der Waals surface area contributed by atoms with Gasteiger partial charge in [0.2, 0.25) is 0 Å². The molecule has 13 heavy (non-hydrogen) atoms. The molecule has 2 N–H and O–H groups in total. The third-order valence-corrected chi connectivity index (χ3v) is 1.99. The van der Waals surface area contributed by atoms with Gasteiger partial charge < -0.3 is 10.5 Å². The molecule has 0 heterocycles. The number of carbonyl (C=O) groups is 1. The van der Waals surface area contributed by atoms with Crippen LogP contribution in [0.2, 0.25) is 0 Å². The Bertz CT molecular complexity index is 292. The van der Waals surface area contributed by atoms with Crippen molar-refractivity contribution in [1.29, 1.82) is 0 Å². The second-order valence-electron chi connectivity index (χ2n) is 2.91. The molecule has 3 nitrogen and oxygen atoms in total. The zero-order valence-electron chi connectivity index (χ0n) is 7.78. The van der Waals surface area contributed by atoms with Crippen LogP contribution in [0.1, 0.15) is 18.4 Å². The lowest BCUT2D eigenvalue weighted by Gasteiger charge is -2.08. The van der Waals surface area contributed by atoms with Crippen molar-refractivity contribution in [2.24, 2.45) is 0 Å². The molecule has 0 saturated carbocycles. The lowest BCUT2D eigenvalue weighted by Crippen LogP contribution is -2.10. The molecule has 0 fully saturated rings. The van der Waals surface area contributed by atoms with E-state index >= 15 is 0 Å². The first kappa shape index (κ1) is 9.58. The van der Waals surface area contributed by atoms with Gasteiger partial charge >= 0.3 is 5.97 Å². The Morgan fingerprint density at radius 3 is 2.38 bits per heavy atom. The number of rotatable bonds is 2. The molecule has 0 bridgehead atoms. The van der Waals surface area contributed by atoms with Gasteiger partial charge in [-0.1, -0.05) is 12.1 Å². The first-order valence-corrected chi connectivity index (χ1v) is 4.08. The van der Waals surface area contributed by atoms with Crippen LogP contribution in [0, 0.1) is 0 Å². The number of methoxy groups -OCH3 is 1. The van der Waals surface area contributed by atoms with Crippen LogP contribution in [-0.2, 0) is 9.53 Å². The molecular formula is C10H13NO2. The highest BCUT2D eigenvalue weighted by Gasteiger charge is 2.14. The van der Waals surface area contributed by atoms with Crippen LogP contribution in [0.4, 0.5) is 5.69 Å². The Morgan fingerprint density at radius 1 is 1.38 bits per heavy atom. The topological polar surface area (TPSA) is 52.3 Å². The fourth-order valence-corrected chi connectivity index (χ4v) is 1.10. The molecule has 0 spiro atoms. The number of ether oxygens (including phenoxy) is 1. The summed E-state index contributed by atoms with van der Waals surface area (Å²) in [5.41, 5.74) is 7.13. The number of carbonyl (C=O) groups excluding carboxylic acids is 1. The van der Waals surface area contributed by atoms with Crippen molar-refractivity contribution in [2.45, 2.75) is 12.8 Å². The van der Waals surface area contributed by atoms with Crippen LogP contribution >= 0.6 is 0 Å². The monoisotopic (exact) mass is 179 g/mol. The minimum absolute atomic E-state index is 0.231. The Hall–Kier alpha value is -1.51. The van der Waals surface area contributed by atoms with Crippen LogP contribution in [0.3, 0.4) is 0 Å². The molecule has 0 radical (unpaired) electrons. The standard InChI is InChI=1S/C10H13NO2/c1-7(10(12)13-2)8-3-5-9(11)6-4-8/h3-7H,11H2,1-2H3/t7-/m1/s1. The summed E-state index contributed by atoms with van der Waals surface area (Å²) in [4.78, 5) is 11.1. The number of hydrogen-bond acceptors (Lipinski definition) is 3. The van der Waals surface area contributed by atoms with Crippen molar-refractivity contribution in [1.82, 2.24) is 0 Å². The number of nitrogens with two attached hydrogens (primary N) is 1. The molecule has 1 aromatic carbocycles. The minimum Gasteiger partial charge on any atom is -0.469 e. The van der Waals surface area contributed by atoms with E-state index in [9.17, 15) is 4.79 Å². The first-order chi connectivity index (χ1) is 6.15. The fourth-order valence-electron chi connectivity index (χ4n) is 1.10. The van der Waals surface area contributed by atoms with Crippen molar-refractivity contribution < 1.29 is 9.53 Å². The Kier molecular flexibility index (Phi) is 2.90. The van der Waals surface area contributed by atoms with E-state index in [1.807, 2.05) is 12.1 Å². The zero-order valence-corrected chi connectivity index (χ0v) is 7.78. The third kappa shape index (κ3) is 2.21. The summed E-state index contributed by atoms with van der Waals surface area (Å²) in [7, 11) is 1.39. The summed E-state index contributed by atoms with van der Waals surface area (Å²) in [6, 6.07) is 7.21. The van der Waals surface area contributed by atoms with Crippen LogP contribution in [0.15, 0.2) is 24.3 Å². The molecule has 1 atom stereocenters. The maximum atomic E-state index is 11.1. The van der Waals surface area contributed by atoms with Gasteiger partial charge in [-0.25, -0.2) is 0 Å². The van der Waals surface area contributed by atoms with E-state index in [1.165, 1.54) is 7.11 Å². The molecular weight excluding hydrogens is 166 g/mol. The molecule has 0 aliphatic carbocycles. The molecule has 0 aliphatic heterocycles. The predicted molar refractivity (Wildman–Crippen MR) is 51.3 cm³/mol. The Balaban J connectivity index is 2.83. The number of esters is 1. The van der Waals surface area contributed by atoms with Gasteiger partial charge in [0, 0.05) is 5.69 Å². The molecule has 3 heteroatoms. The molecule has 1 aromatic rings. The van der Waals surface area contributed by atoms with Gasteiger partial charge in [0.05, 0.1) is 13.0 Å². The van der Waals surface area contributed by atoms with E-state index < -0.39 is 0 Å². The van der Waals surface area contributed by atoms with E-state index in [-0.39, 0.29) is 11.9 Å². The molecule has 70 valence electrons. The number of nitrogen functional groups attached to an aromatic ring is 1. The fraction of sp³-hybridized carbons (Fsp3) is 0.300. The largest absolute Gasteiger partial charge is 0.469 e. The van der Waals surface area contributed by atoms with E-state index in [0.29, 0.717) is 5.69 Å². The van der Waals surface area contributed by atoms with E-state index in [0.717, 1.165) is 5.56 Å². The van der Waals surface area contributed by atoms with Gasteiger partial charge in [0.15, 0.2) is 0 Å². The van der Waals surface area contributed by atoms with Crippen molar-refractivity contribution in [2.75, 3.05) is 12.8 Å². The molecule has 0 saturated heterocycles. The summed E-state index contributed by atoms with van der Waals surface area (Å²) in [6.45, 7) is 1.80. The third-order valence-electron chi connectivity index (χ3n) is 1.99. The highest BCUT2D eigenvalue weighted by Crippen LogP contribution is 2.17. The van der Waals surface area contributed by atoms with Crippen LogP contribution in [-0.4, -0.2) is 13.1 Å². The molecule has 0 unspecified atom stereocenters. The van der Waals surface area contributed by atoms with E-state index in [1.54, 1.807) is 19.1 Å². The van der Waals surface area contributed by atoms with Crippen molar-refractivity contribution in [3.63, 3.8) is 0 Å². The molecule has 1 rings (SSSR count). The Morgan fingerprint density at radius 2 is 1.92 bits per heavy atom. The number of anilines is 1. The van der Waals surface area contributed by atoms with Gasteiger partial charge in [-0.3, -0.25) is 4.79 Å². The molecule has 0 aliphatic rings. The number of hydrogen-bond donors (Lipinski definition) is 1. The zero-order chi connectivity index (χ0) is 9.84. The minimum atomic E-state index is -0.232. The van der Waals surface area contributed by atoms with Gasteiger partial charge in [-0.2, -0.15) is 0 Å². The Labute approximate surface area is 77.5 Å². The highest BCUT2D eigenvalue weighted by molar-refractivity contribution is 5.77.